The van der Waals surface area contributed by atoms with Gasteiger partial charge in [0.1, 0.15) is 5.75 Å². The van der Waals surface area contributed by atoms with Crippen LogP contribution in [0, 0.1) is 13.8 Å². The SMILES string of the molecule is COc1cc(C)c(S(=O)(=O)N2CCC(N)CC2C)c(C)c1. The van der Waals surface area contributed by atoms with Gasteiger partial charge in [-0.05, 0) is 56.9 Å². The summed E-state index contributed by atoms with van der Waals surface area (Å²) >= 11 is 0. The lowest BCUT2D eigenvalue weighted by molar-refractivity contribution is 0.247. The Morgan fingerprint density at radius 2 is 1.86 bits per heavy atom. The largest absolute Gasteiger partial charge is 0.497 e. The highest BCUT2D eigenvalue weighted by Gasteiger charge is 2.35. The fourth-order valence-electron chi connectivity index (χ4n) is 3.10. The number of piperidine rings is 1. The Kier molecular flexibility index (Phi) is 4.60. The average molecular weight is 312 g/mol. The van der Waals surface area contributed by atoms with Crippen LogP contribution in [-0.4, -0.2) is 38.5 Å². The number of hydrogen-bond acceptors (Lipinski definition) is 4. The van der Waals surface area contributed by atoms with Crippen LogP contribution in [0.25, 0.3) is 0 Å². The fourth-order valence-corrected chi connectivity index (χ4v) is 5.17. The summed E-state index contributed by atoms with van der Waals surface area (Å²) in [5.74, 6) is 0.678. The number of methoxy groups -OCH3 is 1. The molecule has 0 bridgehead atoms. The van der Waals surface area contributed by atoms with E-state index in [-0.39, 0.29) is 12.1 Å². The molecule has 1 aromatic carbocycles. The maximum atomic E-state index is 13.0. The number of rotatable bonds is 3. The minimum Gasteiger partial charge on any atom is -0.497 e. The Bertz CT molecular complexity index is 605. The van der Waals surface area contributed by atoms with Crippen LogP contribution < -0.4 is 10.5 Å². The van der Waals surface area contributed by atoms with Crippen LogP contribution in [0.4, 0.5) is 0 Å². The molecule has 2 atom stereocenters. The lowest BCUT2D eigenvalue weighted by Gasteiger charge is -2.36. The van der Waals surface area contributed by atoms with E-state index in [2.05, 4.69) is 0 Å². The monoisotopic (exact) mass is 312 g/mol. The van der Waals surface area contributed by atoms with Gasteiger partial charge in [0.25, 0.3) is 0 Å². The van der Waals surface area contributed by atoms with Crippen LogP contribution in [0.15, 0.2) is 17.0 Å². The molecule has 1 aliphatic rings. The zero-order valence-corrected chi connectivity index (χ0v) is 13.9. The third kappa shape index (κ3) is 3.07. The molecule has 6 heteroatoms. The molecule has 2 unspecified atom stereocenters. The van der Waals surface area contributed by atoms with Crippen molar-refractivity contribution >= 4 is 10.0 Å². The Hall–Kier alpha value is -1.11. The van der Waals surface area contributed by atoms with Crippen molar-refractivity contribution in [2.24, 2.45) is 5.73 Å². The molecule has 0 amide bonds. The minimum absolute atomic E-state index is 0.0698. The summed E-state index contributed by atoms with van der Waals surface area (Å²) in [4.78, 5) is 0.394. The molecule has 1 aromatic rings. The molecule has 21 heavy (non-hydrogen) atoms. The summed E-state index contributed by atoms with van der Waals surface area (Å²) in [5.41, 5.74) is 7.36. The second kappa shape index (κ2) is 5.94. The third-order valence-electron chi connectivity index (χ3n) is 4.09. The summed E-state index contributed by atoms with van der Waals surface area (Å²) < 4.78 is 32.8. The van der Waals surface area contributed by atoms with Crippen molar-refractivity contribution in [2.75, 3.05) is 13.7 Å². The highest BCUT2D eigenvalue weighted by Crippen LogP contribution is 2.31. The number of ether oxygens (including phenoxy) is 1. The molecule has 118 valence electrons. The van der Waals surface area contributed by atoms with Crippen molar-refractivity contribution in [3.8, 4) is 5.75 Å². The zero-order chi connectivity index (χ0) is 15.8. The van der Waals surface area contributed by atoms with Gasteiger partial charge in [-0.1, -0.05) is 0 Å². The smallest absolute Gasteiger partial charge is 0.243 e. The first kappa shape index (κ1) is 16.3. The van der Waals surface area contributed by atoms with Crippen molar-refractivity contribution < 1.29 is 13.2 Å². The Labute approximate surface area is 127 Å². The molecule has 0 spiro atoms. The zero-order valence-electron chi connectivity index (χ0n) is 13.1. The summed E-state index contributed by atoms with van der Waals surface area (Å²) in [6.07, 6.45) is 1.41. The van der Waals surface area contributed by atoms with Crippen LogP contribution in [0.2, 0.25) is 0 Å². The molecular weight excluding hydrogens is 288 g/mol. The number of nitrogens with zero attached hydrogens (tertiary/aromatic N) is 1. The predicted octanol–water partition coefficient (Wildman–Crippen LogP) is 1.81. The quantitative estimate of drug-likeness (QED) is 0.924. The number of benzene rings is 1. The van der Waals surface area contributed by atoms with Crippen LogP contribution >= 0.6 is 0 Å². The lowest BCUT2D eigenvalue weighted by Crippen LogP contribution is -2.48. The van der Waals surface area contributed by atoms with Gasteiger partial charge in [-0.15, -0.1) is 0 Å². The standard InChI is InChI=1S/C15H24N2O3S/c1-10-7-14(20-4)8-11(2)15(10)21(18,19)17-6-5-13(16)9-12(17)3/h7-8,12-13H,5-6,9,16H2,1-4H3. The first-order valence-electron chi connectivity index (χ1n) is 7.20. The first-order chi connectivity index (χ1) is 9.77. The van der Waals surface area contributed by atoms with Gasteiger partial charge in [0.15, 0.2) is 0 Å². The summed E-state index contributed by atoms with van der Waals surface area (Å²) in [6.45, 7) is 6.02. The topological polar surface area (TPSA) is 72.6 Å². The van der Waals surface area contributed by atoms with Gasteiger partial charge in [0.05, 0.1) is 12.0 Å². The van der Waals surface area contributed by atoms with Crippen LogP contribution in [0.3, 0.4) is 0 Å². The Balaban J connectivity index is 2.45. The van der Waals surface area contributed by atoms with Crippen LogP contribution in [-0.2, 0) is 10.0 Å². The first-order valence-corrected chi connectivity index (χ1v) is 8.64. The summed E-state index contributed by atoms with van der Waals surface area (Å²) in [7, 11) is -1.92. The molecule has 2 rings (SSSR count). The predicted molar refractivity (Wildman–Crippen MR) is 83.0 cm³/mol. The maximum absolute atomic E-state index is 13.0. The summed E-state index contributed by atoms with van der Waals surface area (Å²) in [6, 6.07) is 3.55. The molecule has 1 fully saturated rings. The van der Waals surface area contributed by atoms with Gasteiger partial charge in [-0.25, -0.2) is 8.42 Å². The van der Waals surface area contributed by atoms with E-state index in [1.165, 1.54) is 0 Å². The van der Waals surface area contributed by atoms with E-state index in [9.17, 15) is 8.42 Å². The van der Waals surface area contributed by atoms with Gasteiger partial charge < -0.3 is 10.5 Å². The lowest BCUT2D eigenvalue weighted by atomic mass is 10.0. The molecule has 1 aliphatic heterocycles. The molecule has 0 aliphatic carbocycles. The molecule has 0 radical (unpaired) electrons. The van der Waals surface area contributed by atoms with Crippen LogP contribution in [0.5, 0.6) is 5.75 Å². The molecule has 5 nitrogen and oxygen atoms in total. The van der Waals surface area contributed by atoms with Crippen LogP contribution in [0.1, 0.15) is 30.9 Å². The van der Waals surface area contributed by atoms with Crippen molar-refractivity contribution in [1.82, 2.24) is 4.31 Å². The number of hydrogen-bond donors (Lipinski definition) is 1. The van der Waals surface area contributed by atoms with E-state index in [1.807, 2.05) is 20.8 Å². The summed E-state index contributed by atoms with van der Waals surface area (Å²) in [5, 5.41) is 0. The Morgan fingerprint density at radius 3 is 2.33 bits per heavy atom. The van der Waals surface area contributed by atoms with Gasteiger partial charge in [-0.3, -0.25) is 0 Å². The van der Waals surface area contributed by atoms with E-state index in [0.29, 0.717) is 41.2 Å². The molecule has 1 saturated heterocycles. The highest BCUT2D eigenvalue weighted by molar-refractivity contribution is 7.89. The highest BCUT2D eigenvalue weighted by atomic mass is 32.2. The molecular formula is C15H24N2O3S. The van der Waals surface area contributed by atoms with E-state index in [1.54, 1.807) is 23.5 Å². The Morgan fingerprint density at radius 1 is 1.29 bits per heavy atom. The number of aryl methyl sites for hydroxylation is 2. The van der Waals surface area contributed by atoms with Crippen molar-refractivity contribution in [1.29, 1.82) is 0 Å². The average Bonchev–Trinajstić information content (AvgIpc) is 2.36. The van der Waals surface area contributed by atoms with E-state index in [4.69, 9.17) is 10.5 Å². The molecule has 0 aromatic heterocycles. The fraction of sp³-hybridized carbons (Fsp3) is 0.600. The van der Waals surface area contributed by atoms with Gasteiger partial charge in [0, 0.05) is 18.6 Å². The molecule has 0 saturated carbocycles. The van der Waals surface area contributed by atoms with Crippen molar-refractivity contribution in [2.45, 2.75) is 50.6 Å². The second-order valence-electron chi connectivity index (χ2n) is 5.84. The van der Waals surface area contributed by atoms with Gasteiger partial charge in [0.2, 0.25) is 10.0 Å². The van der Waals surface area contributed by atoms with E-state index < -0.39 is 10.0 Å². The third-order valence-corrected chi connectivity index (χ3v) is 6.41. The molecule has 1 heterocycles. The van der Waals surface area contributed by atoms with Crippen molar-refractivity contribution in [3.05, 3.63) is 23.3 Å². The normalized spacial score (nSPS) is 24.0. The maximum Gasteiger partial charge on any atom is 0.243 e. The molecule has 2 N–H and O–H groups in total. The number of sulfonamides is 1. The number of nitrogens with two attached hydrogens (primary N) is 1. The second-order valence-corrected chi connectivity index (χ2v) is 7.67. The van der Waals surface area contributed by atoms with E-state index in [0.717, 1.165) is 0 Å². The van der Waals surface area contributed by atoms with E-state index >= 15 is 0 Å². The van der Waals surface area contributed by atoms with Gasteiger partial charge in [-0.2, -0.15) is 4.31 Å². The van der Waals surface area contributed by atoms with Crippen molar-refractivity contribution in [3.63, 3.8) is 0 Å². The minimum atomic E-state index is -3.50. The van der Waals surface area contributed by atoms with Gasteiger partial charge >= 0.3 is 0 Å².